The van der Waals surface area contributed by atoms with Gasteiger partial charge in [-0.2, -0.15) is 0 Å². The zero-order valence-electron chi connectivity index (χ0n) is 12.8. The molecule has 4 N–H and O–H groups in total. The summed E-state index contributed by atoms with van der Waals surface area (Å²) in [6.45, 7) is 0.836. The Bertz CT molecular complexity index is 470. The maximum atomic E-state index is 12.0. The topological polar surface area (TPSA) is 84.2 Å². The maximum absolute atomic E-state index is 12.0. The molecule has 0 bridgehead atoms. The molecule has 1 aromatic rings. The predicted octanol–water partition coefficient (Wildman–Crippen LogP) is 1.89. The van der Waals surface area contributed by atoms with Crippen LogP contribution in [0.1, 0.15) is 48.2 Å². The molecule has 22 heavy (non-hydrogen) atoms. The molecule has 122 valence electrons. The van der Waals surface area contributed by atoms with E-state index in [0.29, 0.717) is 30.3 Å². The Morgan fingerprint density at radius 2 is 2.09 bits per heavy atom. The minimum absolute atomic E-state index is 0.0347. The van der Waals surface area contributed by atoms with Crippen molar-refractivity contribution < 1.29 is 9.59 Å². The highest BCUT2D eigenvalue weighted by molar-refractivity contribution is 7.12. The van der Waals surface area contributed by atoms with Crippen molar-refractivity contribution >= 4 is 23.2 Å². The highest BCUT2D eigenvalue weighted by Crippen LogP contribution is 2.26. The number of carbonyl (C=O) groups is 2. The van der Waals surface area contributed by atoms with Crippen molar-refractivity contribution in [3.8, 4) is 0 Å². The molecule has 1 heterocycles. The molecule has 1 aromatic heterocycles. The molecule has 1 fully saturated rings. The molecule has 1 aliphatic rings. The van der Waals surface area contributed by atoms with Gasteiger partial charge in [0.1, 0.15) is 0 Å². The standard InChI is InChI=1S/C16H25N3O2S/c17-11-13(12-5-2-1-3-6-12)19-15(20)8-9-18-16(21)14-7-4-10-22-14/h4,7,10,12-13H,1-3,5-6,8-9,11,17H2,(H,18,21)(H,19,20). The first-order valence-corrected chi connectivity index (χ1v) is 8.90. The van der Waals surface area contributed by atoms with Gasteiger partial charge in [-0.1, -0.05) is 25.3 Å². The summed E-state index contributed by atoms with van der Waals surface area (Å²) in [4.78, 5) is 24.4. The Balaban J connectivity index is 1.69. The molecule has 1 atom stereocenters. The molecule has 0 aromatic carbocycles. The number of thiophene rings is 1. The van der Waals surface area contributed by atoms with Crippen LogP contribution >= 0.6 is 11.3 Å². The van der Waals surface area contributed by atoms with Gasteiger partial charge >= 0.3 is 0 Å². The van der Waals surface area contributed by atoms with Crippen LogP contribution < -0.4 is 16.4 Å². The molecule has 0 radical (unpaired) electrons. The molecular formula is C16H25N3O2S. The summed E-state index contributed by atoms with van der Waals surface area (Å²) in [5, 5.41) is 7.66. The first-order chi connectivity index (χ1) is 10.7. The van der Waals surface area contributed by atoms with Crippen LogP contribution in [0.2, 0.25) is 0 Å². The number of hydrogen-bond donors (Lipinski definition) is 3. The van der Waals surface area contributed by atoms with Crippen molar-refractivity contribution in [3.63, 3.8) is 0 Å². The van der Waals surface area contributed by atoms with Crippen LogP contribution in [-0.4, -0.2) is 30.9 Å². The molecule has 0 aliphatic heterocycles. The average Bonchev–Trinajstić information content (AvgIpc) is 3.08. The second-order valence-corrected chi connectivity index (χ2v) is 6.74. The average molecular weight is 323 g/mol. The fraction of sp³-hybridized carbons (Fsp3) is 0.625. The summed E-state index contributed by atoms with van der Waals surface area (Å²) < 4.78 is 0. The maximum Gasteiger partial charge on any atom is 0.261 e. The first kappa shape index (κ1) is 17.0. The third kappa shape index (κ3) is 5.10. The second-order valence-electron chi connectivity index (χ2n) is 5.79. The van der Waals surface area contributed by atoms with E-state index in [1.165, 1.54) is 30.6 Å². The second kappa shape index (κ2) is 8.90. The molecular weight excluding hydrogens is 298 g/mol. The summed E-state index contributed by atoms with van der Waals surface area (Å²) >= 11 is 1.39. The zero-order valence-corrected chi connectivity index (χ0v) is 13.7. The number of nitrogens with one attached hydrogen (secondary N) is 2. The largest absolute Gasteiger partial charge is 0.352 e. The number of carbonyl (C=O) groups excluding carboxylic acids is 2. The first-order valence-electron chi connectivity index (χ1n) is 8.02. The summed E-state index contributed by atoms with van der Waals surface area (Å²) in [6, 6.07) is 3.68. The van der Waals surface area contributed by atoms with E-state index in [-0.39, 0.29) is 17.9 Å². The van der Waals surface area contributed by atoms with Crippen LogP contribution in [-0.2, 0) is 4.79 Å². The smallest absolute Gasteiger partial charge is 0.261 e. The van der Waals surface area contributed by atoms with Crippen molar-refractivity contribution in [1.29, 1.82) is 0 Å². The van der Waals surface area contributed by atoms with Gasteiger partial charge in [0.25, 0.3) is 5.91 Å². The Morgan fingerprint density at radius 3 is 2.73 bits per heavy atom. The van der Waals surface area contributed by atoms with E-state index in [4.69, 9.17) is 5.73 Å². The van der Waals surface area contributed by atoms with Gasteiger partial charge in [-0.25, -0.2) is 0 Å². The lowest BCUT2D eigenvalue weighted by atomic mass is 9.84. The Kier molecular flexibility index (Phi) is 6.86. The lowest BCUT2D eigenvalue weighted by Crippen LogP contribution is -2.46. The fourth-order valence-electron chi connectivity index (χ4n) is 2.97. The monoisotopic (exact) mass is 323 g/mol. The van der Waals surface area contributed by atoms with E-state index in [0.717, 1.165) is 12.8 Å². The minimum atomic E-state index is -0.120. The van der Waals surface area contributed by atoms with E-state index in [2.05, 4.69) is 10.6 Å². The molecule has 1 saturated carbocycles. The van der Waals surface area contributed by atoms with Crippen molar-refractivity contribution in [2.45, 2.75) is 44.6 Å². The number of nitrogens with two attached hydrogens (primary N) is 1. The van der Waals surface area contributed by atoms with Crippen molar-refractivity contribution in [2.24, 2.45) is 11.7 Å². The summed E-state index contributed by atoms with van der Waals surface area (Å²) in [7, 11) is 0. The van der Waals surface area contributed by atoms with Gasteiger partial charge in [0.15, 0.2) is 0 Å². The van der Waals surface area contributed by atoms with Crippen LogP contribution in [0, 0.1) is 5.92 Å². The SMILES string of the molecule is NCC(NC(=O)CCNC(=O)c1cccs1)C1CCCCC1. The highest BCUT2D eigenvalue weighted by Gasteiger charge is 2.23. The number of hydrogen-bond acceptors (Lipinski definition) is 4. The van der Waals surface area contributed by atoms with E-state index in [1.54, 1.807) is 6.07 Å². The molecule has 6 heteroatoms. The third-order valence-electron chi connectivity index (χ3n) is 4.20. The van der Waals surface area contributed by atoms with Crippen LogP contribution in [0.4, 0.5) is 0 Å². The Labute approximate surface area is 135 Å². The molecule has 0 saturated heterocycles. The summed E-state index contributed by atoms with van der Waals surface area (Å²) in [5.74, 6) is 0.348. The van der Waals surface area contributed by atoms with Crippen LogP contribution in [0.3, 0.4) is 0 Å². The lowest BCUT2D eigenvalue weighted by Gasteiger charge is -2.30. The molecule has 5 nitrogen and oxygen atoms in total. The van der Waals surface area contributed by atoms with E-state index < -0.39 is 0 Å². The van der Waals surface area contributed by atoms with E-state index >= 15 is 0 Å². The summed E-state index contributed by atoms with van der Waals surface area (Å²) in [5.41, 5.74) is 5.81. The lowest BCUT2D eigenvalue weighted by molar-refractivity contribution is -0.122. The number of amides is 2. The highest BCUT2D eigenvalue weighted by atomic mass is 32.1. The van der Waals surface area contributed by atoms with Crippen molar-refractivity contribution in [3.05, 3.63) is 22.4 Å². The molecule has 1 aliphatic carbocycles. The molecule has 1 unspecified atom stereocenters. The Hall–Kier alpha value is -1.40. The van der Waals surface area contributed by atoms with Gasteiger partial charge in [-0.3, -0.25) is 9.59 Å². The predicted molar refractivity (Wildman–Crippen MR) is 88.8 cm³/mol. The third-order valence-corrected chi connectivity index (χ3v) is 5.07. The number of rotatable bonds is 7. The normalized spacial score (nSPS) is 17.0. The van der Waals surface area contributed by atoms with Gasteiger partial charge in [-0.05, 0) is 30.2 Å². The molecule has 2 rings (SSSR count). The quantitative estimate of drug-likeness (QED) is 0.716. The van der Waals surface area contributed by atoms with Gasteiger partial charge in [-0.15, -0.1) is 11.3 Å². The van der Waals surface area contributed by atoms with Gasteiger partial charge < -0.3 is 16.4 Å². The van der Waals surface area contributed by atoms with Crippen LogP contribution in [0.5, 0.6) is 0 Å². The van der Waals surface area contributed by atoms with Crippen molar-refractivity contribution in [1.82, 2.24) is 10.6 Å². The van der Waals surface area contributed by atoms with Gasteiger partial charge in [0.2, 0.25) is 5.91 Å². The van der Waals surface area contributed by atoms with E-state index in [9.17, 15) is 9.59 Å². The van der Waals surface area contributed by atoms with Crippen LogP contribution in [0.15, 0.2) is 17.5 Å². The summed E-state index contributed by atoms with van der Waals surface area (Å²) in [6.07, 6.45) is 6.34. The molecule has 2 amide bonds. The van der Waals surface area contributed by atoms with Crippen molar-refractivity contribution in [2.75, 3.05) is 13.1 Å². The zero-order chi connectivity index (χ0) is 15.8. The Morgan fingerprint density at radius 1 is 1.32 bits per heavy atom. The minimum Gasteiger partial charge on any atom is -0.352 e. The fourth-order valence-corrected chi connectivity index (χ4v) is 3.61. The molecule has 0 spiro atoms. The van der Waals surface area contributed by atoms with Crippen LogP contribution in [0.25, 0.3) is 0 Å². The van der Waals surface area contributed by atoms with E-state index in [1.807, 2.05) is 11.4 Å². The van der Waals surface area contributed by atoms with Gasteiger partial charge in [0, 0.05) is 25.6 Å². The van der Waals surface area contributed by atoms with Gasteiger partial charge in [0.05, 0.1) is 4.88 Å².